The van der Waals surface area contributed by atoms with E-state index in [1.165, 1.54) is 6.33 Å². The van der Waals surface area contributed by atoms with Gasteiger partial charge in [0.25, 0.3) is 5.91 Å². The van der Waals surface area contributed by atoms with Crippen LogP contribution in [0.2, 0.25) is 0 Å². The van der Waals surface area contributed by atoms with Crippen molar-refractivity contribution in [2.75, 3.05) is 52.5 Å². The largest absolute Gasteiger partial charge is 0.487 e. The molecule has 0 bridgehead atoms. The van der Waals surface area contributed by atoms with E-state index < -0.39 is 0 Å². The molecule has 0 saturated heterocycles. The summed E-state index contributed by atoms with van der Waals surface area (Å²) in [4.78, 5) is 21.4. The second-order valence-corrected chi connectivity index (χ2v) is 11.2. The summed E-state index contributed by atoms with van der Waals surface area (Å²) in [6.45, 7) is 10.4. The first-order valence-corrected chi connectivity index (χ1v) is 14.1. The molecule has 0 aliphatic rings. The zero-order chi connectivity index (χ0) is 30.8. The number of amides is 1. The van der Waals surface area contributed by atoms with Gasteiger partial charge in [0.05, 0.1) is 18.7 Å². The zero-order valence-corrected chi connectivity index (χ0v) is 25.7. The van der Waals surface area contributed by atoms with Gasteiger partial charge in [-0.1, -0.05) is 20.8 Å². The molecule has 2 N–H and O–H groups in total. The Kier molecular flexibility index (Phi) is 10.7. The highest BCUT2D eigenvalue weighted by Crippen LogP contribution is 2.36. The van der Waals surface area contributed by atoms with Gasteiger partial charge in [0, 0.05) is 43.5 Å². The van der Waals surface area contributed by atoms with E-state index >= 15 is 0 Å². The highest BCUT2D eigenvalue weighted by Gasteiger charge is 2.15. The van der Waals surface area contributed by atoms with Crippen LogP contribution in [0.25, 0.3) is 10.9 Å². The number of benzene rings is 3. The van der Waals surface area contributed by atoms with Crippen LogP contribution < -0.4 is 24.8 Å². The Morgan fingerprint density at radius 3 is 2.12 bits per heavy atom. The highest BCUT2D eigenvalue weighted by atomic mass is 16.5. The van der Waals surface area contributed by atoms with Crippen molar-refractivity contribution in [3.8, 4) is 23.0 Å². The van der Waals surface area contributed by atoms with Crippen LogP contribution in [0.3, 0.4) is 0 Å². The van der Waals surface area contributed by atoms with E-state index in [-0.39, 0.29) is 11.3 Å². The van der Waals surface area contributed by atoms with E-state index in [2.05, 4.69) is 41.4 Å². The smallest absolute Gasteiger partial charge is 0.251 e. The zero-order valence-electron chi connectivity index (χ0n) is 25.7. The molecule has 0 spiro atoms. The van der Waals surface area contributed by atoms with Gasteiger partial charge in [-0.25, -0.2) is 9.97 Å². The standard InChI is InChI=1S/C33H40N4O6/c1-22-17-24(9-12-28(22)43-25-10-7-23(8-11-25)32(38)34-20-33(2,3)4)37-31-26-18-29(41-15-13-39-5)30(42-16-14-40-6)19-27(26)35-21-36-31/h7-12,17-19,21H,13-16,20H2,1-6H3,(H,34,38)(H,35,36,37). The molecule has 3 aromatic carbocycles. The number of carbonyl (C=O) groups excluding carboxylic acids is 1. The number of aromatic nitrogens is 2. The van der Waals surface area contributed by atoms with E-state index in [0.29, 0.717) is 72.9 Å². The van der Waals surface area contributed by atoms with Crippen molar-refractivity contribution < 1.29 is 28.5 Å². The average Bonchev–Trinajstić information content (AvgIpc) is 2.98. The van der Waals surface area contributed by atoms with E-state index in [1.54, 1.807) is 38.5 Å². The maximum atomic E-state index is 12.4. The lowest BCUT2D eigenvalue weighted by Gasteiger charge is -2.18. The molecule has 0 radical (unpaired) electrons. The minimum Gasteiger partial charge on any atom is -0.487 e. The number of methoxy groups -OCH3 is 2. The highest BCUT2D eigenvalue weighted by molar-refractivity contribution is 5.94. The Morgan fingerprint density at radius 2 is 1.49 bits per heavy atom. The first-order valence-electron chi connectivity index (χ1n) is 14.1. The number of carbonyl (C=O) groups is 1. The third-order valence-electron chi connectivity index (χ3n) is 6.35. The number of ether oxygens (including phenoxy) is 5. The molecule has 1 amide bonds. The van der Waals surface area contributed by atoms with Crippen molar-refractivity contribution >= 4 is 28.3 Å². The monoisotopic (exact) mass is 588 g/mol. The minimum atomic E-state index is -0.103. The predicted molar refractivity (Wildman–Crippen MR) is 167 cm³/mol. The molecule has 0 aliphatic heterocycles. The Morgan fingerprint density at radius 1 is 0.814 bits per heavy atom. The van der Waals surface area contributed by atoms with Crippen LogP contribution in [0.1, 0.15) is 36.7 Å². The second kappa shape index (κ2) is 14.7. The lowest BCUT2D eigenvalue weighted by Crippen LogP contribution is -2.32. The number of aryl methyl sites for hydroxylation is 1. The third kappa shape index (κ3) is 9.04. The first kappa shape index (κ1) is 31.5. The summed E-state index contributed by atoms with van der Waals surface area (Å²) >= 11 is 0. The van der Waals surface area contributed by atoms with Gasteiger partial charge in [-0.05, 0) is 66.4 Å². The predicted octanol–water partition coefficient (Wildman–Crippen LogP) is 6.30. The Balaban J connectivity index is 1.48. The molecular formula is C33H40N4O6. The molecule has 10 nitrogen and oxygen atoms in total. The fourth-order valence-electron chi connectivity index (χ4n) is 4.09. The maximum absolute atomic E-state index is 12.4. The minimum absolute atomic E-state index is 0.0157. The van der Waals surface area contributed by atoms with E-state index in [9.17, 15) is 4.79 Å². The molecule has 1 heterocycles. The molecule has 10 heteroatoms. The molecule has 228 valence electrons. The molecule has 1 aromatic heterocycles. The van der Waals surface area contributed by atoms with Crippen molar-refractivity contribution in [1.29, 1.82) is 0 Å². The molecule has 0 fully saturated rings. The van der Waals surface area contributed by atoms with Gasteiger partial charge in [-0.2, -0.15) is 0 Å². The Labute approximate surface area is 252 Å². The van der Waals surface area contributed by atoms with Crippen LogP contribution in [-0.4, -0.2) is 63.1 Å². The van der Waals surface area contributed by atoms with Crippen molar-refractivity contribution in [3.05, 3.63) is 72.1 Å². The van der Waals surface area contributed by atoms with Crippen LogP contribution in [0, 0.1) is 12.3 Å². The summed E-state index contributed by atoms with van der Waals surface area (Å²) in [5.74, 6) is 3.00. The van der Waals surface area contributed by atoms with Crippen molar-refractivity contribution in [3.63, 3.8) is 0 Å². The summed E-state index contributed by atoms with van der Waals surface area (Å²) in [5.41, 5.74) is 3.06. The number of nitrogens with zero attached hydrogens (tertiary/aromatic N) is 2. The topological polar surface area (TPSA) is 113 Å². The fourth-order valence-corrected chi connectivity index (χ4v) is 4.09. The SMILES string of the molecule is COCCOc1cc2ncnc(Nc3ccc(Oc4ccc(C(=O)NCC(C)(C)C)cc4)c(C)c3)c2cc1OCCOC. The summed E-state index contributed by atoms with van der Waals surface area (Å²) < 4.78 is 28.2. The van der Waals surface area contributed by atoms with E-state index in [0.717, 1.165) is 16.6 Å². The van der Waals surface area contributed by atoms with Crippen molar-refractivity contribution in [2.24, 2.45) is 5.41 Å². The van der Waals surface area contributed by atoms with Gasteiger partial charge in [-0.15, -0.1) is 0 Å². The Bertz CT molecular complexity index is 1520. The fraction of sp³-hybridized carbons (Fsp3) is 0.364. The van der Waals surface area contributed by atoms with Crippen molar-refractivity contribution in [2.45, 2.75) is 27.7 Å². The van der Waals surface area contributed by atoms with Gasteiger partial charge < -0.3 is 34.3 Å². The molecule has 43 heavy (non-hydrogen) atoms. The number of nitrogens with one attached hydrogen (secondary N) is 2. The van der Waals surface area contributed by atoms with Gasteiger partial charge in [0.15, 0.2) is 11.5 Å². The number of rotatable bonds is 14. The molecule has 0 atom stereocenters. The van der Waals surface area contributed by atoms with Crippen LogP contribution in [0.4, 0.5) is 11.5 Å². The van der Waals surface area contributed by atoms with Gasteiger partial charge >= 0.3 is 0 Å². The van der Waals surface area contributed by atoms with Crippen LogP contribution >= 0.6 is 0 Å². The first-order chi connectivity index (χ1) is 20.7. The average molecular weight is 589 g/mol. The Hall–Kier alpha value is -4.41. The van der Waals surface area contributed by atoms with Crippen LogP contribution in [-0.2, 0) is 9.47 Å². The number of fused-ring (bicyclic) bond motifs is 1. The molecule has 0 saturated carbocycles. The van der Waals surface area contributed by atoms with E-state index in [1.807, 2.05) is 37.3 Å². The van der Waals surface area contributed by atoms with E-state index in [4.69, 9.17) is 23.7 Å². The molecule has 0 aliphatic carbocycles. The van der Waals surface area contributed by atoms with Crippen LogP contribution in [0.15, 0.2) is 60.9 Å². The van der Waals surface area contributed by atoms with Gasteiger partial charge in [-0.3, -0.25) is 4.79 Å². The maximum Gasteiger partial charge on any atom is 0.251 e. The molecule has 4 rings (SSSR count). The number of hydrogen-bond donors (Lipinski definition) is 2. The molecular weight excluding hydrogens is 548 g/mol. The van der Waals surface area contributed by atoms with Gasteiger partial charge in [0.2, 0.25) is 0 Å². The molecule has 4 aromatic rings. The quantitative estimate of drug-likeness (QED) is 0.164. The summed E-state index contributed by atoms with van der Waals surface area (Å²) in [7, 11) is 3.25. The van der Waals surface area contributed by atoms with Crippen molar-refractivity contribution in [1.82, 2.24) is 15.3 Å². The summed E-state index contributed by atoms with van der Waals surface area (Å²) in [6.07, 6.45) is 1.51. The lowest BCUT2D eigenvalue weighted by atomic mass is 9.97. The normalized spacial score (nSPS) is 11.3. The second-order valence-electron chi connectivity index (χ2n) is 11.2. The number of hydrogen-bond acceptors (Lipinski definition) is 9. The summed E-state index contributed by atoms with van der Waals surface area (Å²) in [5, 5.41) is 7.13. The van der Waals surface area contributed by atoms with Crippen LogP contribution in [0.5, 0.6) is 23.0 Å². The third-order valence-corrected chi connectivity index (χ3v) is 6.35. The lowest BCUT2D eigenvalue weighted by molar-refractivity contribution is 0.0939. The molecule has 0 unspecified atom stereocenters. The number of anilines is 2. The van der Waals surface area contributed by atoms with Gasteiger partial charge in [0.1, 0.15) is 36.9 Å². The summed E-state index contributed by atoms with van der Waals surface area (Å²) in [6, 6.07) is 16.6.